The van der Waals surface area contributed by atoms with E-state index in [4.69, 9.17) is 0 Å². The number of rotatable bonds is 6. The highest BCUT2D eigenvalue weighted by Crippen LogP contribution is 2.14. The molecule has 1 aromatic rings. The fraction of sp³-hybridized carbons (Fsp3) is 0.696. The van der Waals surface area contributed by atoms with Crippen molar-refractivity contribution >= 4 is 17.6 Å². The molecule has 3 saturated heterocycles. The van der Waals surface area contributed by atoms with Crippen LogP contribution in [0.1, 0.15) is 25.7 Å². The second-order valence-electron chi connectivity index (χ2n) is 8.87. The van der Waals surface area contributed by atoms with Gasteiger partial charge < -0.3 is 19.6 Å². The number of pyridine rings is 1. The zero-order chi connectivity index (χ0) is 21.5. The number of carbonyl (C=O) groups excluding carboxylic acids is 2. The molecule has 1 aromatic heterocycles. The Bertz CT molecular complexity index is 716. The summed E-state index contributed by atoms with van der Waals surface area (Å²) in [6.45, 7) is 10.3. The second-order valence-corrected chi connectivity index (χ2v) is 8.87. The van der Waals surface area contributed by atoms with Gasteiger partial charge in [-0.05, 0) is 44.5 Å². The number of aromatic nitrogens is 1. The van der Waals surface area contributed by atoms with Crippen molar-refractivity contribution in [3.8, 4) is 0 Å². The highest BCUT2D eigenvalue weighted by Gasteiger charge is 2.24. The minimum atomic E-state index is 0.256. The zero-order valence-corrected chi connectivity index (χ0v) is 18.6. The smallest absolute Gasteiger partial charge is 0.236 e. The predicted molar refractivity (Wildman–Crippen MR) is 121 cm³/mol. The van der Waals surface area contributed by atoms with Crippen LogP contribution in [0.4, 0.5) is 5.82 Å². The van der Waals surface area contributed by atoms with Gasteiger partial charge in [-0.2, -0.15) is 0 Å². The Balaban J connectivity index is 1.15. The SMILES string of the molecule is O=C(CCN1CCCN(CC(=O)N2CCCC2)CC1)N1CCN(c2ccccn2)CC1. The van der Waals surface area contributed by atoms with Gasteiger partial charge in [0.15, 0.2) is 0 Å². The number of carbonyl (C=O) groups is 2. The molecule has 4 rings (SSSR count). The van der Waals surface area contributed by atoms with E-state index in [0.29, 0.717) is 13.0 Å². The molecule has 2 amide bonds. The molecule has 3 aliphatic rings. The second kappa shape index (κ2) is 10.9. The topological polar surface area (TPSA) is 63.2 Å². The summed E-state index contributed by atoms with van der Waals surface area (Å²) in [4.78, 5) is 40.5. The van der Waals surface area contributed by atoms with E-state index in [9.17, 15) is 9.59 Å². The molecule has 0 aromatic carbocycles. The van der Waals surface area contributed by atoms with Gasteiger partial charge in [-0.1, -0.05) is 6.07 Å². The minimum Gasteiger partial charge on any atom is -0.353 e. The van der Waals surface area contributed by atoms with Gasteiger partial charge in [0, 0.05) is 71.5 Å². The molecule has 0 bridgehead atoms. The summed E-state index contributed by atoms with van der Waals surface area (Å²) in [5.41, 5.74) is 0. The molecule has 0 aliphatic carbocycles. The highest BCUT2D eigenvalue weighted by molar-refractivity contribution is 5.78. The maximum atomic E-state index is 12.7. The Labute approximate surface area is 185 Å². The van der Waals surface area contributed by atoms with Crippen LogP contribution in [0.3, 0.4) is 0 Å². The Hall–Kier alpha value is -2.19. The van der Waals surface area contributed by atoms with Crippen LogP contribution in [0.25, 0.3) is 0 Å². The molecule has 0 unspecified atom stereocenters. The predicted octanol–water partition coefficient (Wildman–Crippen LogP) is 0.750. The molecule has 0 radical (unpaired) electrons. The van der Waals surface area contributed by atoms with Crippen LogP contribution in [-0.4, -0.2) is 115 Å². The number of hydrogen-bond acceptors (Lipinski definition) is 6. The zero-order valence-electron chi connectivity index (χ0n) is 18.6. The first kappa shape index (κ1) is 22.0. The van der Waals surface area contributed by atoms with Crippen LogP contribution in [0.5, 0.6) is 0 Å². The third kappa shape index (κ3) is 6.17. The molecule has 0 N–H and O–H groups in total. The van der Waals surface area contributed by atoms with Crippen LogP contribution < -0.4 is 4.90 Å². The lowest BCUT2D eigenvalue weighted by Crippen LogP contribution is -2.49. The first-order valence-electron chi connectivity index (χ1n) is 11.9. The van der Waals surface area contributed by atoms with Gasteiger partial charge in [0.25, 0.3) is 0 Å². The molecule has 8 heteroatoms. The van der Waals surface area contributed by atoms with Crippen molar-refractivity contribution < 1.29 is 9.59 Å². The van der Waals surface area contributed by atoms with E-state index in [1.54, 1.807) is 0 Å². The third-order valence-corrected chi connectivity index (χ3v) is 6.75. The molecule has 3 fully saturated rings. The van der Waals surface area contributed by atoms with Crippen molar-refractivity contribution in [3.63, 3.8) is 0 Å². The fourth-order valence-electron chi connectivity index (χ4n) is 4.80. The molecular weight excluding hydrogens is 392 g/mol. The molecular formula is C23H36N6O2. The lowest BCUT2D eigenvalue weighted by molar-refractivity contribution is -0.132. The molecule has 0 atom stereocenters. The Morgan fingerprint density at radius 3 is 2.19 bits per heavy atom. The quantitative estimate of drug-likeness (QED) is 0.666. The molecule has 4 heterocycles. The first-order valence-corrected chi connectivity index (χ1v) is 11.9. The molecule has 170 valence electrons. The normalized spacial score (nSPS) is 21.4. The maximum Gasteiger partial charge on any atom is 0.236 e. The lowest BCUT2D eigenvalue weighted by Gasteiger charge is -2.35. The number of nitrogens with zero attached hydrogens (tertiary/aromatic N) is 6. The monoisotopic (exact) mass is 428 g/mol. The number of likely N-dealkylation sites (tertiary alicyclic amines) is 1. The highest BCUT2D eigenvalue weighted by atomic mass is 16.2. The van der Waals surface area contributed by atoms with Crippen LogP contribution in [0, 0.1) is 0 Å². The summed E-state index contributed by atoms with van der Waals surface area (Å²) < 4.78 is 0. The van der Waals surface area contributed by atoms with Crippen LogP contribution in [0.15, 0.2) is 24.4 Å². The van der Waals surface area contributed by atoms with E-state index in [2.05, 4.69) is 19.7 Å². The summed E-state index contributed by atoms with van der Waals surface area (Å²) in [5, 5.41) is 0. The Morgan fingerprint density at radius 2 is 1.45 bits per heavy atom. The summed E-state index contributed by atoms with van der Waals surface area (Å²) >= 11 is 0. The van der Waals surface area contributed by atoms with Crippen LogP contribution in [0.2, 0.25) is 0 Å². The van der Waals surface area contributed by atoms with Crippen LogP contribution >= 0.6 is 0 Å². The van der Waals surface area contributed by atoms with Crippen LogP contribution in [-0.2, 0) is 9.59 Å². The number of anilines is 1. The average Bonchev–Trinajstić information content (AvgIpc) is 3.27. The van der Waals surface area contributed by atoms with Crippen molar-refractivity contribution in [2.24, 2.45) is 0 Å². The molecule has 8 nitrogen and oxygen atoms in total. The van der Waals surface area contributed by atoms with Crippen molar-refractivity contribution in [2.45, 2.75) is 25.7 Å². The number of hydrogen-bond donors (Lipinski definition) is 0. The van der Waals surface area contributed by atoms with E-state index in [-0.39, 0.29) is 11.8 Å². The first-order chi connectivity index (χ1) is 15.2. The lowest BCUT2D eigenvalue weighted by atomic mass is 10.2. The van der Waals surface area contributed by atoms with Gasteiger partial charge in [-0.15, -0.1) is 0 Å². The summed E-state index contributed by atoms with van der Waals surface area (Å²) in [6.07, 6.45) is 5.75. The fourth-order valence-corrected chi connectivity index (χ4v) is 4.80. The van der Waals surface area contributed by atoms with E-state index in [1.807, 2.05) is 34.2 Å². The number of amides is 2. The van der Waals surface area contributed by atoms with E-state index in [1.165, 1.54) is 0 Å². The van der Waals surface area contributed by atoms with E-state index in [0.717, 1.165) is 97.1 Å². The molecule has 0 spiro atoms. The largest absolute Gasteiger partial charge is 0.353 e. The maximum absolute atomic E-state index is 12.7. The van der Waals surface area contributed by atoms with E-state index >= 15 is 0 Å². The van der Waals surface area contributed by atoms with Gasteiger partial charge in [-0.3, -0.25) is 14.5 Å². The summed E-state index contributed by atoms with van der Waals surface area (Å²) in [6, 6.07) is 5.96. The Kier molecular flexibility index (Phi) is 7.75. The van der Waals surface area contributed by atoms with Gasteiger partial charge in [-0.25, -0.2) is 4.98 Å². The minimum absolute atomic E-state index is 0.256. The van der Waals surface area contributed by atoms with Crippen molar-refractivity contribution in [2.75, 3.05) is 83.4 Å². The molecule has 0 saturated carbocycles. The molecule has 3 aliphatic heterocycles. The summed E-state index contributed by atoms with van der Waals surface area (Å²) in [5.74, 6) is 1.53. The summed E-state index contributed by atoms with van der Waals surface area (Å²) in [7, 11) is 0. The Morgan fingerprint density at radius 1 is 0.742 bits per heavy atom. The van der Waals surface area contributed by atoms with Gasteiger partial charge in [0.2, 0.25) is 11.8 Å². The van der Waals surface area contributed by atoms with Crippen molar-refractivity contribution in [3.05, 3.63) is 24.4 Å². The third-order valence-electron chi connectivity index (χ3n) is 6.75. The standard InChI is InChI=1S/C23H36N6O2/c30-22(29-18-16-27(17-19-29)21-6-1-2-8-24-21)7-13-25-9-5-10-26(15-14-25)20-23(31)28-11-3-4-12-28/h1-2,6,8H,3-5,7,9-20H2. The van der Waals surface area contributed by atoms with Crippen molar-refractivity contribution in [1.29, 1.82) is 0 Å². The number of piperazine rings is 1. The van der Waals surface area contributed by atoms with Crippen molar-refractivity contribution in [1.82, 2.24) is 24.6 Å². The van der Waals surface area contributed by atoms with Gasteiger partial charge in [0.05, 0.1) is 6.54 Å². The van der Waals surface area contributed by atoms with Gasteiger partial charge in [0.1, 0.15) is 5.82 Å². The van der Waals surface area contributed by atoms with E-state index < -0.39 is 0 Å². The average molecular weight is 429 g/mol. The molecule has 31 heavy (non-hydrogen) atoms. The van der Waals surface area contributed by atoms with Gasteiger partial charge >= 0.3 is 0 Å².